The molecule has 1 aromatic heterocycles. The first-order valence-electron chi connectivity index (χ1n) is 4.55. The van der Waals surface area contributed by atoms with E-state index in [0.29, 0.717) is 29.8 Å². The lowest BCUT2D eigenvalue weighted by molar-refractivity contribution is -0.138. The van der Waals surface area contributed by atoms with Crippen LogP contribution in [-0.4, -0.2) is 4.98 Å². The molecule has 0 unspecified atom stereocenters. The largest absolute Gasteiger partial charge is 0.416 e. The Bertz CT molecular complexity index is 368. The van der Waals surface area contributed by atoms with Crippen molar-refractivity contribution in [2.45, 2.75) is 32.4 Å². The molecule has 0 aliphatic heterocycles. The summed E-state index contributed by atoms with van der Waals surface area (Å²) in [7, 11) is 0. The van der Waals surface area contributed by atoms with Crippen molar-refractivity contribution in [3.63, 3.8) is 0 Å². The number of fused-ring (bicyclic) bond motifs is 1. The van der Waals surface area contributed by atoms with Crippen LogP contribution < -0.4 is 0 Å². The van der Waals surface area contributed by atoms with Crippen molar-refractivity contribution in [1.82, 2.24) is 4.98 Å². The number of aromatic nitrogens is 1. The number of aryl methyl sites for hydroxylation is 2. The summed E-state index contributed by atoms with van der Waals surface area (Å²) in [4.78, 5) is 4.13. The van der Waals surface area contributed by atoms with Crippen LogP contribution in [0.25, 0.3) is 0 Å². The third-order valence-electron chi connectivity index (χ3n) is 2.48. The predicted molar refractivity (Wildman–Crippen MR) is 46.0 cm³/mol. The van der Waals surface area contributed by atoms with Crippen LogP contribution in [0, 0.1) is 6.92 Å². The molecular weight excluding hydrogens is 191 g/mol. The van der Waals surface area contributed by atoms with Gasteiger partial charge < -0.3 is 0 Å². The molecule has 76 valence electrons. The van der Waals surface area contributed by atoms with Crippen molar-refractivity contribution in [1.29, 1.82) is 0 Å². The number of halogens is 3. The quantitative estimate of drug-likeness (QED) is 0.629. The summed E-state index contributed by atoms with van der Waals surface area (Å²) in [5, 5.41) is 0. The highest BCUT2D eigenvalue weighted by molar-refractivity contribution is 5.37. The summed E-state index contributed by atoms with van der Waals surface area (Å²) in [5.74, 6) is 0. The minimum atomic E-state index is -4.23. The zero-order chi connectivity index (χ0) is 10.3. The molecule has 1 nitrogen and oxygen atoms in total. The Hall–Kier alpha value is -1.06. The molecule has 0 saturated carbocycles. The fourth-order valence-electron chi connectivity index (χ4n) is 1.94. The molecule has 2 rings (SSSR count). The van der Waals surface area contributed by atoms with Crippen LogP contribution in [0.1, 0.15) is 28.9 Å². The zero-order valence-electron chi connectivity index (χ0n) is 7.78. The number of pyridine rings is 1. The molecule has 0 amide bonds. The summed E-state index contributed by atoms with van der Waals surface area (Å²) < 4.78 is 37.8. The van der Waals surface area contributed by atoms with E-state index in [1.165, 1.54) is 0 Å². The van der Waals surface area contributed by atoms with Crippen LogP contribution in [0.15, 0.2) is 6.07 Å². The highest BCUT2D eigenvalue weighted by atomic mass is 19.4. The van der Waals surface area contributed by atoms with Crippen molar-refractivity contribution in [3.05, 3.63) is 28.6 Å². The summed E-state index contributed by atoms with van der Waals surface area (Å²) in [6, 6.07) is 1.14. The Kier molecular flexibility index (Phi) is 2.01. The minimum Gasteiger partial charge on any atom is -0.258 e. The van der Waals surface area contributed by atoms with Crippen molar-refractivity contribution in [2.75, 3.05) is 0 Å². The predicted octanol–water partition coefficient (Wildman–Crippen LogP) is 2.90. The highest BCUT2D eigenvalue weighted by Gasteiger charge is 2.35. The van der Waals surface area contributed by atoms with Gasteiger partial charge in [0.1, 0.15) is 0 Å². The van der Waals surface area contributed by atoms with Gasteiger partial charge in [-0.15, -0.1) is 0 Å². The maximum absolute atomic E-state index is 12.6. The summed E-state index contributed by atoms with van der Waals surface area (Å²) in [6.45, 7) is 1.60. The smallest absolute Gasteiger partial charge is 0.258 e. The maximum Gasteiger partial charge on any atom is 0.416 e. The van der Waals surface area contributed by atoms with Gasteiger partial charge in [-0.2, -0.15) is 13.2 Å². The molecule has 0 spiro atoms. The maximum atomic E-state index is 12.6. The van der Waals surface area contributed by atoms with Crippen LogP contribution in [0.4, 0.5) is 13.2 Å². The van der Waals surface area contributed by atoms with Gasteiger partial charge in [-0.25, -0.2) is 0 Å². The van der Waals surface area contributed by atoms with Crippen molar-refractivity contribution in [2.24, 2.45) is 0 Å². The Morgan fingerprint density at radius 1 is 1.29 bits per heavy atom. The monoisotopic (exact) mass is 201 g/mol. The van der Waals surface area contributed by atoms with Gasteiger partial charge in [0.2, 0.25) is 0 Å². The van der Waals surface area contributed by atoms with Gasteiger partial charge in [0, 0.05) is 11.4 Å². The second-order valence-electron chi connectivity index (χ2n) is 3.59. The first-order valence-corrected chi connectivity index (χ1v) is 4.55. The molecular formula is C10H10F3N. The molecule has 0 atom stereocenters. The van der Waals surface area contributed by atoms with Crippen molar-refractivity contribution in [3.8, 4) is 0 Å². The molecule has 0 N–H and O–H groups in total. The van der Waals surface area contributed by atoms with Crippen LogP contribution in [0.2, 0.25) is 0 Å². The SMILES string of the molecule is Cc1cc(C(F)(F)F)c2c(n1)CCC2. The number of alkyl halides is 3. The molecule has 1 aliphatic carbocycles. The lowest BCUT2D eigenvalue weighted by Crippen LogP contribution is -2.10. The lowest BCUT2D eigenvalue weighted by atomic mass is 10.1. The van der Waals surface area contributed by atoms with Crippen LogP contribution in [0.5, 0.6) is 0 Å². The Labute approximate surface area is 80.0 Å². The summed E-state index contributed by atoms with van der Waals surface area (Å²) >= 11 is 0. The highest BCUT2D eigenvalue weighted by Crippen LogP contribution is 2.36. The van der Waals surface area contributed by atoms with Crippen LogP contribution >= 0.6 is 0 Å². The second-order valence-corrected chi connectivity index (χ2v) is 3.59. The molecule has 0 bridgehead atoms. The average molecular weight is 201 g/mol. The van der Waals surface area contributed by atoms with E-state index in [2.05, 4.69) is 4.98 Å². The van der Waals surface area contributed by atoms with Crippen LogP contribution in [-0.2, 0) is 19.0 Å². The van der Waals surface area contributed by atoms with E-state index in [1.807, 2.05) is 0 Å². The summed E-state index contributed by atoms with van der Waals surface area (Å²) in [5.41, 5.74) is 1.01. The third-order valence-corrected chi connectivity index (χ3v) is 2.48. The normalized spacial score (nSPS) is 15.7. The van der Waals surface area contributed by atoms with E-state index < -0.39 is 11.7 Å². The van der Waals surface area contributed by atoms with E-state index in [1.54, 1.807) is 6.92 Å². The fraction of sp³-hybridized carbons (Fsp3) is 0.500. The van der Waals surface area contributed by atoms with Gasteiger partial charge in [-0.1, -0.05) is 0 Å². The molecule has 0 saturated heterocycles. The number of nitrogens with zero attached hydrogens (tertiary/aromatic N) is 1. The van der Waals surface area contributed by atoms with Crippen molar-refractivity contribution >= 4 is 0 Å². The lowest BCUT2D eigenvalue weighted by Gasteiger charge is -2.12. The molecule has 0 fully saturated rings. The number of rotatable bonds is 0. The molecule has 1 aliphatic rings. The van der Waals surface area contributed by atoms with Gasteiger partial charge in [0.05, 0.1) is 5.56 Å². The van der Waals surface area contributed by atoms with Gasteiger partial charge in [0.25, 0.3) is 0 Å². The molecule has 14 heavy (non-hydrogen) atoms. The topological polar surface area (TPSA) is 12.9 Å². The van der Waals surface area contributed by atoms with E-state index in [-0.39, 0.29) is 0 Å². The first-order chi connectivity index (χ1) is 6.48. The minimum absolute atomic E-state index is 0.406. The van der Waals surface area contributed by atoms with E-state index in [0.717, 1.165) is 12.5 Å². The Morgan fingerprint density at radius 2 is 2.00 bits per heavy atom. The van der Waals surface area contributed by atoms with E-state index in [9.17, 15) is 13.2 Å². The second kappa shape index (κ2) is 2.97. The Balaban J connectivity index is 2.60. The van der Waals surface area contributed by atoms with Crippen molar-refractivity contribution < 1.29 is 13.2 Å². The average Bonchev–Trinajstić information content (AvgIpc) is 2.47. The number of hydrogen-bond acceptors (Lipinski definition) is 1. The molecule has 1 heterocycles. The first kappa shape index (κ1) is 9.49. The molecule has 0 radical (unpaired) electrons. The third kappa shape index (κ3) is 1.49. The summed E-state index contributed by atoms with van der Waals surface area (Å²) in [6.07, 6.45) is -2.26. The van der Waals surface area contributed by atoms with E-state index >= 15 is 0 Å². The fourth-order valence-corrected chi connectivity index (χ4v) is 1.94. The standard InChI is InChI=1S/C10H10F3N/c1-6-5-8(10(11,12)13)7-3-2-4-9(7)14-6/h5H,2-4H2,1H3. The molecule has 0 aromatic carbocycles. The Morgan fingerprint density at radius 3 is 2.64 bits per heavy atom. The van der Waals surface area contributed by atoms with Gasteiger partial charge >= 0.3 is 6.18 Å². The molecule has 1 aromatic rings. The van der Waals surface area contributed by atoms with Gasteiger partial charge in [-0.05, 0) is 37.8 Å². The molecule has 4 heteroatoms. The van der Waals surface area contributed by atoms with Gasteiger partial charge in [0.15, 0.2) is 0 Å². The zero-order valence-corrected chi connectivity index (χ0v) is 7.78. The van der Waals surface area contributed by atoms with Gasteiger partial charge in [-0.3, -0.25) is 4.98 Å². The number of hydrogen-bond donors (Lipinski definition) is 0. The van der Waals surface area contributed by atoms with Crippen LogP contribution in [0.3, 0.4) is 0 Å². The van der Waals surface area contributed by atoms with E-state index in [4.69, 9.17) is 0 Å².